The van der Waals surface area contributed by atoms with Crippen molar-refractivity contribution in [3.05, 3.63) is 77.1 Å². The first-order valence-electron chi connectivity index (χ1n) is 9.35. The van der Waals surface area contributed by atoms with Crippen LogP contribution in [0.3, 0.4) is 0 Å². The summed E-state index contributed by atoms with van der Waals surface area (Å²) in [6.07, 6.45) is 0. The van der Waals surface area contributed by atoms with Crippen molar-refractivity contribution >= 4 is 21.2 Å². The van der Waals surface area contributed by atoms with Crippen LogP contribution >= 0.6 is 11.3 Å². The molecule has 6 nitrogen and oxygen atoms in total. The lowest BCUT2D eigenvalue weighted by atomic mass is 10.2. The van der Waals surface area contributed by atoms with Gasteiger partial charge in [0.05, 0.1) is 10.6 Å². The lowest BCUT2D eigenvalue weighted by Gasteiger charge is -2.07. The predicted molar refractivity (Wildman–Crippen MR) is 117 cm³/mol. The van der Waals surface area contributed by atoms with Gasteiger partial charge >= 0.3 is 0 Å². The summed E-state index contributed by atoms with van der Waals surface area (Å²) in [5, 5.41) is 4.97. The van der Waals surface area contributed by atoms with Gasteiger partial charge in [0, 0.05) is 5.69 Å². The molecule has 2 heterocycles. The number of nitrogens with zero attached hydrogens (tertiary/aromatic N) is 3. The van der Waals surface area contributed by atoms with Crippen molar-refractivity contribution in [3.8, 4) is 15.9 Å². The molecule has 0 aliphatic carbocycles. The van der Waals surface area contributed by atoms with Crippen molar-refractivity contribution in [3.63, 3.8) is 0 Å². The van der Waals surface area contributed by atoms with Crippen LogP contribution in [0.25, 0.3) is 5.13 Å². The van der Waals surface area contributed by atoms with Crippen LogP contribution in [0.15, 0.2) is 64.5 Å². The first-order chi connectivity index (χ1) is 14.2. The molecule has 0 fully saturated rings. The van der Waals surface area contributed by atoms with Crippen LogP contribution in [0.1, 0.15) is 22.5 Å². The molecule has 0 atom stereocenters. The Bertz CT molecular complexity index is 1300. The molecular weight excluding hydrogens is 418 g/mol. The Morgan fingerprint density at radius 2 is 1.50 bits per heavy atom. The SMILES string of the molecule is Cc1ccc(Oc2sc(-n3nc(C)cc3C)nc2S(=O)(=O)c2ccc(C)cc2)cc1. The fourth-order valence-corrected chi connectivity index (χ4v) is 5.51. The van der Waals surface area contributed by atoms with E-state index in [4.69, 9.17) is 4.74 Å². The average molecular weight is 440 g/mol. The maximum Gasteiger partial charge on any atom is 0.228 e. The van der Waals surface area contributed by atoms with Gasteiger partial charge in [0.2, 0.25) is 25.1 Å². The molecule has 0 saturated heterocycles. The normalized spacial score (nSPS) is 11.6. The summed E-state index contributed by atoms with van der Waals surface area (Å²) in [6.45, 7) is 7.66. The lowest BCUT2D eigenvalue weighted by Crippen LogP contribution is -2.05. The first-order valence-corrected chi connectivity index (χ1v) is 11.6. The molecular formula is C22H21N3O3S2. The van der Waals surface area contributed by atoms with Gasteiger partial charge in [-0.25, -0.2) is 18.1 Å². The third-order valence-corrected chi connectivity index (χ3v) is 7.28. The monoisotopic (exact) mass is 439 g/mol. The van der Waals surface area contributed by atoms with Gasteiger partial charge in [0.15, 0.2) is 0 Å². The molecule has 8 heteroatoms. The van der Waals surface area contributed by atoms with E-state index in [-0.39, 0.29) is 15.0 Å². The smallest absolute Gasteiger partial charge is 0.228 e. The molecule has 154 valence electrons. The molecule has 0 bridgehead atoms. The molecule has 0 N–H and O–H groups in total. The minimum atomic E-state index is -3.87. The van der Waals surface area contributed by atoms with Gasteiger partial charge in [0.25, 0.3) is 0 Å². The summed E-state index contributed by atoms with van der Waals surface area (Å²) in [5.41, 5.74) is 3.75. The van der Waals surface area contributed by atoms with Crippen molar-refractivity contribution in [1.82, 2.24) is 14.8 Å². The zero-order chi connectivity index (χ0) is 21.5. The Hall–Kier alpha value is -2.97. The summed E-state index contributed by atoms with van der Waals surface area (Å²) in [4.78, 5) is 4.62. The summed E-state index contributed by atoms with van der Waals surface area (Å²) >= 11 is 1.15. The number of sulfone groups is 1. The minimum Gasteiger partial charge on any atom is -0.443 e. The maximum absolute atomic E-state index is 13.4. The van der Waals surface area contributed by atoms with E-state index < -0.39 is 9.84 Å². The van der Waals surface area contributed by atoms with E-state index in [1.165, 1.54) is 0 Å². The number of hydrogen-bond donors (Lipinski definition) is 0. The van der Waals surface area contributed by atoms with E-state index in [0.717, 1.165) is 33.9 Å². The summed E-state index contributed by atoms with van der Waals surface area (Å²) < 4.78 is 34.4. The molecule has 30 heavy (non-hydrogen) atoms. The number of hydrogen-bond acceptors (Lipinski definition) is 6. The molecule has 4 rings (SSSR count). The van der Waals surface area contributed by atoms with Crippen LogP contribution in [0.5, 0.6) is 10.8 Å². The van der Waals surface area contributed by atoms with Crippen molar-refractivity contribution in [2.45, 2.75) is 37.6 Å². The Labute approximate surface area is 179 Å². The van der Waals surface area contributed by atoms with Crippen LogP contribution in [-0.2, 0) is 9.84 Å². The van der Waals surface area contributed by atoms with Crippen LogP contribution in [0.4, 0.5) is 0 Å². The van der Waals surface area contributed by atoms with Crippen LogP contribution in [0, 0.1) is 27.7 Å². The highest BCUT2D eigenvalue weighted by Crippen LogP contribution is 2.39. The van der Waals surface area contributed by atoms with Crippen LogP contribution in [0.2, 0.25) is 0 Å². The van der Waals surface area contributed by atoms with E-state index in [9.17, 15) is 8.42 Å². The molecule has 0 amide bonds. The maximum atomic E-state index is 13.4. The number of benzene rings is 2. The average Bonchev–Trinajstić information content (AvgIpc) is 3.27. The van der Waals surface area contributed by atoms with Crippen molar-refractivity contribution in [2.24, 2.45) is 0 Å². The molecule has 4 aromatic rings. The van der Waals surface area contributed by atoms with Crippen molar-refractivity contribution < 1.29 is 13.2 Å². The lowest BCUT2D eigenvalue weighted by molar-refractivity contribution is 0.478. The highest BCUT2D eigenvalue weighted by atomic mass is 32.2. The zero-order valence-corrected chi connectivity index (χ0v) is 18.7. The van der Waals surface area contributed by atoms with Crippen molar-refractivity contribution in [2.75, 3.05) is 0 Å². The van der Waals surface area contributed by atoms with Gasteiger partial charge < -0.3 is 4.74 Å². The second-order valence-corrected chi connectivity index (χ2v) is 9.96. The quantitative estimate of drug-likeness (QED) is 0.428. The summed E-state index contributed by atoms with van der Waals surface area (Å²) in [7, 11) is -3.87. The number of aryl methyl sites for hydroxylation is 4. The van der Waals surface area contributed by atoms with E-state index in [2.05, 4.69) is 10.1 Å². The second-order valence-electron chi connectivity index (χ2n) is 7.16. The van der Waals surface area contributed by atoms with E-state index >= 15 is 0 Å². The highest BCUT2D eigenvalue weighted by molar-refractivity contribution is 7.91. The third-order valence-electron chi connectivity index (χ3n) is 4.56. The molecule has 2 aromatic carbocycles. The Kier molecular flexibility index (Phi) is 5.21. The fourth-order valence-electron chi connectivity index (χ4n) is 2.97. The van der Waals surface area contributed by atoms with Gasteiger partial charge in [-0.1, -0.05) is 46.7 Å². The van der Waals surface area contributed by atoms with E-state index in [1.54, 1.807) is 41.1 Å². The van der Waals surface area contributed by atoms with Gasteiger partial charge in [-0.2, -0.15) is 5.10 Å². The molecule has 0 saturated carbocycles. The Balaban J connectivity index is 1.85. The number of aromatic nitrogens is 3. The standard InChI is InChI=1S/C22H21N3O3S2/c1-14-5-9-18(10-6-14)28-21-20(30(26,27)19-11-7-15(2)8-12-19)23-22(29-21)25-17(4)13-16(3)24-25/h5-13H,1-4H3. The molecule has 0 spiro atoms. The Morgan fingerprint density at radius 3 is 2.07 bits per heavy atom. The number of ether oxygens (including phenoxy) is 1. The minimum absolute atomic E-state index is 0.112. The van der Waals surface area contributed by atoms with Gasteiger partial charge in [-0.3, -0.25) is 0 Å². The van der Waals surface area contributed by atoms with Crippen LogP contribution in [-0.4, -0.2) is 23.2 Å². The van der Waals surface area contributed by atoms with Gasteiger partial charge in [-0.05, 0) is 58.0 Å². The zero-order valence-electron chi connectivity index (χ0n) is 17.1. The highest BCUT2D eigenvalue weighted by Gasteiger charge is 2.29. The topological polar surface area (TPSA) is 74.1 Å². The second kappa shape index (κ2) is 7.70. The number of thiazole rings is 1. The van der Waals surface area contributed by atoms with Crippen LogP contribution < -0.4 is 4.74 Å². The molecule has 0 aliphatic rings. The van der Waals surface area contributed by atoms with E-state index in [1.807, 2.05) is 45.9 Å². The van der Waals surface area contributed by atoms with Gasteiger partial charge in [-0.15, -0.1) is 0 Å². The molecule has 2 aromatic heterocycles. The molecule has 0 unspecified atom stereocenters. The van der Waals surface area contributed by atoms with E-state index in [0.29, 0.717) is 10.9 Å². The van der Waals surface area contributed by atoms with Crippen molar-refractivity contribution in [1.29, 1.82) is 0 Å². The van der Waals surface area contributed by atoms with Gasteiger partial charge in [0.1, 0.15) is 5.75 Å². The summed E-state index contributed by atoms with van der Waals surface area (Å²) in [6, 6.07) is 16.0. The largest absolute Gasteiger partial charge is 0.443 e. The first kappa shape index (κ1) is 20.3. The number of rotatable bonds is 5. The molecule has 0 aliphatic heterocycles. The summed E-state index contributed by atoms with van der Waals surface area (Å²) in [5.74, 6) is 0.546. The molecule has 0 radical (unpaired) electrons. The predicted octanol–water partition coefficient (Wildman–Crippen LogP) is 5.19. The fraction of sp³-hybridized carbons (Fsp3) is 0.182. The Morgan fingerprint density at radius 1 is 0.900 bits per heavy atom. The third kappa shape index (κ3) is 3.88.